The van der Waals surface area contributed by atoms with Gasteiger partial charge in [0.2, 0.25) is 0 Å². The summed E-state index contributed by atoms with van der Waals surface area (Å²) in [4.78, 5) is 3.95. The molecular formula is C32H27N5O14S5. The van der Waals surface area contributed by atoms with Crippen molar-refractivity contribution in [2.24, 2.45) is 20.5 Å². The smallest absolute Gasteiger partial charge is 0.433 e. The maximum absolute atomic E-state index is 12.5. The standard InChI is InChI=1S/C32H27N5O14S5/c1-2-3-14-54(40,41)25-10-7-22(8-11-25)34-37-31-27(55(42,43)44)18-21-17-26(53-50-49-39)30(32(38)28(21)29(31)33)36-35-23-6-4-20-16-24(9-5-19(20)15-23)52-13-12-48-51-56(45,46)47/h4-11,15-18,38-39H,2-3,14,33H2,1H3,(H,42,43,44)(H,45,46,47). The lowest BCUT2D eigenvalue weighted by atomic mass is 10.1. The summed E-state index contributed by atoms with van der Waals surface area (Å²) in [6, 6.07) is 17.7. The van der Waals surface area contributed by atoms with Crippen molar-refractivity contribution in [3.8, 4) is 17.1 Å². The van der Waals surface area contributed by atoms with Crippen LogP contribution in [0.15, 0.2) is 113 Å². The molecule has 0 heterocycles. The summed E-state index contributed by atoms with van der Waals surface area (Å²) in [5, 5.41) is 43.9. The topological polar surface area (TPSA) is 296 Å². The van der Waals surface area contributed by atoms with Gasteiger partial charge in [0.1, 0.15) is 16.3 Å². The fourth-order valence-electron chi connectivity index (χ4n) is 4.90. The van der Waals surface area contributed by atoms with Crippen LogP contribution in [-0.4, -0.2) is 50.5 Å². The zero-order valence-corrected chi connectivity index (χ0v) is 32.4. The van der Waals surface area contributed by atoms with Gasteiger partial charge in [0.05, 0.1) is 50.0 Å². The molecular weight excluding hydrogens is 839 g/mol. The third-order valence-electron chi connectivity index (χ3n) is 7.41. The first-order valence-corrected chi connectivity index (χ1v) is 21.5. The van der Waals surface area contributed by atoms with Gasteiger partial charge in [-0.1, -0.05) is 30.5 Å². The lowest BCUT2D eigenvalue weighted by Crippen LogP contribution is -2.06. The number of nitrogens with zero attached hydrogens (tertiary/aromatic N) is 4. The van der Waals surface area contributed by atoms with E-state index < -0.39 is 52.4 Å². The van der Waals surface area contributed by atoms with Gasteiger partial charge in [0.25, 0.3) is 10.1 Å². The van der Waals surface area contributed by atoms with Gasteiger partial charge in [0.15, 0.2) is 21.7 Å². The number of phenolic OH excluding ortho intramolecular Hbond substituents is 1. The number of sulfone groups is 1. The molecule has 0 saturated carbocycles. The number of nitrogen functional groups attached to an aromatic ring is 1. The average molecular weight is 866 g/mol. The molecule has 0 aliphatic heterocycles. The summed E-state index contributed by atoms with van der Waals surface area (Å²) in [6.45, 7) is 1.87. The minimum absolute atomic E-state index is 0.0402. The fraction of sp³-hybridized carbons (Fsp3) is 0.125. The highest BCUT2D eigenvalue weighted by Crippen LogP contribution is 2.49. The molecule has 5 rings (SSSR count). The summed E-state index contributed by atoms with van der Waals surface area (Å²) in [7, 11) is -13.4. The van der Waals surface area contributed by atoms with Crippen molar-refractivity contribution in [2.45, 2.75) is 39.3 Å². The van der Waals surface area contributed by atoms with Crippen LogP contribution in [0.4, 0.5) is 28.4 Å². The molecule has 6 N–H and O–H groups in total. The largest absolute Gasteiger partial charge is 0.505 e. The molecule has 5 aromatic carbocycles. The monoisotopic (exact) mass is 865 g/mol. The van der Waals surface area contributed by atoms with Crippen molar-refractivity contribution < 1.29 is 63.3 Å². The number of aromatic hydroxyl groups is 1. The number of anilines is 1. The molecule has 19 nitrogen and oxygen atoms in total. The lowest BCUT2D eigenvalue weighted by Gasteiger charge is -2.14. The average Bonchev–Trinajstić information content (AvgIpc) is 3.14. The van der Waals surface area contributed by atoms with Gasteiger partial charge >= 0.3 is 10.4 Å². The summed E-state index contributed by atoms with van der Waals surface area (Å²) < 4.78 is 97.9. The number of thioether (sulfide) groups is 1. The number of phenols is 1. The molecule has 56 heavy (non-hydrogen) atoms. The summed E-state index contributed by atoms with van der Waals surface area (Å²) in [5.41, 5.74) is 5.53. The summed E-state index contributed by atoms with van der Waals surface area (Å²) in [6.07, 6.45) is 3.12. The minimum atomic E-state index is -5.00. The Labute approximate surface area is 327 Å². The number of nitrogens with two attached hydrogens (primary N) is 1. The number of hydrogen-bond donors (Lipinski definition) is 5. The van der Waals surface area contributed by atoms with Crippen molar-refractivity contribution in [3.63, 3.8) is 0 Å². The Balaban J connectivity index is 1.51. The van der Waals surface area contributed by atoms with Crippen LogP contribution in [0.1, 0.15) is 19.8 Å². The molecule has 0 aliphatic carbocycles. The molecule has 0 aromatic heterocycles. The van der Waals surface area contributed by atoms with Crippen LogP contribution >= 0.6 is 23.8 Å². The van der Waals surface area contributed by atoms with Crippen LogP contribution in [0.25, 0.3) is 21.5 Å². The molecule has 0 saturated heterocycles. The van der Waals surface area contributed by atoms with Gasteiger partial charge in [0, 0.05) is 10.1 Å². The van der Waals surface area contributed by atoms with Crippen LogP contribution in [0.3, 0.4) is 0 Å². The molecule has 0 aliphatic rings. The summed E-state index contributed by atoms with van der Waals surface area (Å²) >= 11 is 1.34. The quantitative estimate of drug-likeness (QED) is 0.00969. The predicted molar refractivity (Wildman–Crippen MR) is 204 cm³/mol. The van der Waals surface area contributed by atoms with Crippen LogP contribution in [0, 0.1) is 11.4 Å². The molecule has 24 heteroatoms. The molecule has 5 aromatic rings. The SMILES string of the molecule is CCCCS(=O)(=O)c1ccc(N=Nc2c(S(=O)(=O)O)cc3cc(SOOO)c(N=Nc4ccc5cc(SC#COOS(=O)(=O)O)ccc5c4)c(O)c3c2N)cc1. The highest BCUT2D eigenvalue weighted by molar-refractivity contribution is 8.04. The van der Waals surface area contributed by atoms with Crippen molar-refractivity contribution >= 4 is 104 Å². The van der Waals surface area contributed by atoms with E-state index in [1.807, 2.05) is 13.0 Å². The van der Waals surface area contributed by atoms with Crippen molar-refractivity contribution in [1.29, 1.82) is 0 Å². The Bertz CT molecular complexity index is 2760. The van der Waals surface area contributed by atoms with Gasteiger partial charge < -0.3 is 10.8 Å². The maximum Gasteiger partial charge on any atom is 0.433 e. The van der Waals surface area contributed by atoms with E-state index in [1.165, 1.54) is 30.3 Å². The minimum Gasteiger partial charge on any atom is -0.505 e. The van der Waals surface area contributed by atoms with E-state index in [2.05, 4.69) is 44.3 Å². The zero-order chi connectivity index (χ0) is 40.7. The Morgan fingerprint density at radius 1 is 0.804 bits per heavy atom. The lowest BCUT2D eigenvalue weighted by molar-refractivity contribution is -0.432. The second-order valence-corrected chi connectivity index (χ2v) is 17.3. The molecule has 0 amide bonds. The molecule has 0 bridgehead atoms. The fourth-order valence-corrected chi connectivity index (χ4v) is 8.16. The Hall–Kier alpha value is -4.91. The van der Waals surface area contributed by atoms with E-state index in [1.54, 1.807) is 36.4 Å². The predicted octanol–water partition coefficient (Wildman–Crippen LogP) is 8.12. The van der Waals surface area contributed by atoms with E-state index in [0.717, 1.165) is 23.2 Å². The van der Waals surface area contributed by atoms with Crippen LogP contribution in [0.5, 0.6) is 5.75 Å². The van der Waals surface area contributed by atoms with Gasteiger partial charge in [-0.25, -0.2) is 13.7 Å². The van der Waals surface area contributed by atoms with Crippen molar-refractivity contribution in [3.05, 3.63) is 72.8 Å². The van der Waals surface area contributed by atoms with Gasteiger partial charge in [-0.15, -0.1) is 14.6 Å². The molecule has 0 atom stereocenters. The molecule has 0 spiro atoms. The van der Waals surface area contributed by atoms with Crippen LogP contribution < -0.4 is 5.73 Å². The number of azo groups is 2. The van der Waals surface area contributed by atoms with E-state index in [9.17, 15) is 34.9 Å². The highest BCUT2D eigenvalue weighted by atomic mass is 32.3. The second-order valence-electron chi connectivity index (χ2n) is 11.2. The van der Waals surface area contributed by atoms with E-state index in [-0.39, 0.29) is 37.7 Å². The Morgan fingerprint density at radius 3 is 2.14 bits per heavy atom. The van der Waals surface area contributed by atoms with Gasteiger partial charge in [-0.3, -0.25) is 14.0 Å². The van der Waals surface area contributed by atoms with Crippen molar-refractivity contribution in [1.82, 2.24) is 0 Å². The number of rotatable bonds is 15. The van der Waals surface area contributed by atoms with E-state index >= 15 is 0 Å². The summed E-state index contributed by atoms with van der Waals surface area (Å²) in [5.74, 6) is -0.677. The molecule has 0 fully saturated rings. The number of benzene rings is 5. The third-order valence-corrected chi connectivity index (χ3v) is 11.6. The van der Waals surface area contributed by atoms with Crippen molar-refractivity contribution in [2.75, 3.05) is 11.5 Å². The Morgan fingerprint density at radius 2 is 1.46 bits per heavy atom. The number of unbranched alkanes of at least 4 members (excludes halogenated alkanes) is 1. The van der Waals surface area contributed by atoms with Gasteiger partial charge in [-0.05, 0) is 99.3 Å². The highest BCUT2D eigenvalue weighted by Gasteiger charge is 2.25. The van der Waals surface area contributed by atoms with Gasteiger partial charge in [-0.2, -0.15) is 27.1 Å². The molecule has 294 valence electrons. The third kappa shape index (κ3) is 10.7. The van der Waals surface area contributed by atoms with Crippen LogP contribution in [-0.2, 0) is 48.9 Å². The molecule has 0 unspecified atom stereocenters. The first-order chi connectivity index (χ1) is 26.5. The number of fused-ring (bicyclic) bond motifs is 2. The first-order valence-electron chi connectivity index (χ1n) is 15.4. The molecule has 0 radical (unpaired) electrons. The maximum atomic E-state index is 12.5. The number of hydrogen-bond acceptors (Lipinski definition) is 19. The normalized spacial score (nSPS) is 12.4. The van der Waals surface area contributed by atoms with E-state index in [4.69, 9.17) is 15.5 Å². The van der Waals surface area contributed by atoms with Crippen LogP contribution in [0.2, 0.25) is 0 Å². The first kappa shape index (κ1) is 42.2. The van der Waals surface area contributed by atoms with E-state index in [0.29, 0.717) is 40.9 Å². The zero-order valence-electron chi connectivity index (χ0n) is 28.3. The second kappa shape index (κ2) is 17.9. The Kier molecular flexibility index (Phi) is 13.5.